The SMILES string of the molecule is CC(=O)N(CC(=O)O)Cc1cccc(-c2ccc(C[C@H](NC(=O)c3ccccc3Cl)C(=O)O)cc2)c1. The van der Waals surface area contributed by atoms with E-state index in [-0.39, 0.29) is 36.0 Å². The number of halogens is 1. The smallest absolute Gasteiger partial charge is 0.326 e. The number of nitrogens with one attached hydrogen (secondary N) is 1. The van der Waals surface area contributed by atoms with Gasteiger partial charge < -0.3 is 20.4 Å². The molecule has 0 bridgehead atoms. The normalized spacial score (nSPS) is 11.4. The van der Waals surface area contributed by atoms with E-state index in [1.807, 2.05) is 36.4 Å². The van der Waals surface area contributed by atoms with Crippen LogP contribution in [0.25, 0.3) is 11.1 Å². The topological polar surface area (TPSA) is 124 Å². The van der Waals surface area contributed by atoms with E-state index in [2.05, 4.69) is 5.32 Å². The van der Waals surface area contributed by atoms with Gasteiger partial charge in [-0.05, 0) is 40.5 Å². The third kappa shape index (κ3) is 7.16. The molecule has 0 spiro atoms. The van der Waals surface area contributed by atoms with Crippen LogP contribution in [0, 0.1) is 0 Å². The summed E-state index contributed by atoms with van der Waals surface area (Å²) in [6.07, 6.45) is 0.0780. The number of benzene rings is 3. The Hall–Kier alpha value is -4.17. The molecule has 9 heteroatoms. The second-order valence-electron chi connectivity index (χ2n) is 8.21. The second-order valence-corrected chi connectivity index (χ2v) is 8.62. The number of aliphatic carboxylic acids is 2. The van der Waals surface area contributed by atoms with Gasteiger partial charge in [0.15, 0.2) is 0 Å². The first-order valence-electron chi connectivity index (χ1n) is 11.1. The molecule has 3 aromatic carbocycles. The van der Waals surface area contributed by atoms with Crippen LogP contribution >= 0.6 is 11.6 Å². The number of carboxylic acid groups (broad SMARTS) is 2. The van der Waals surface area contributed by atoms with E-state index in [0.29, 0.717) is 5.56 Å². The van der Waals surface area contributed by atoms with Crippen LogP contribution in [-0.4, -0.2) is 51.5 Å². The number of hydrogen-bond donors (Lipinski definition) is 3. The Morgan fingerprint density at radius 1 is 0.889 bits per heavy atom. The Bertz CT molecular complexity index is 1280. The lowest BCUT2D eigenvalue weighted by Gasteiger charge is -2.19. The molecule has 2 amide bonds. The summed E-state index contributed by atoms with van der Waals surface area (Å²) in [5.74, 6) is -3.14. The lowest BCUT2D eigenvalue weighted by atomic mass is 9.99. The van der Waals surface area contributed by atoms with Gasteiger partial charge in [-0.3, -0.25) is 14.4 Å². The van der Waals surface area contributed by atoms with E-state index in [9.17, 15) is 24.3 Å². The van der Waals surface area contributed by atoms with E-state index >= 15 is 0 Å². The van der Waals surface area contributed by atoms with Gasteiger partial charge in [0.05, 0.1) is 10.6 Å². The van der Waals surface area contributed by atoms with Gasteiger partial charge in [-0.2, -0.15) is 0 Å². The van der Waals surface area contributed by atoms with Crippen LogP contribution in [0.3, 0.4) is 0 Å². The van der Waals surface area contributed by atoms with Crippen molar-refractivity contribution in [3.8, 4) is 11.1 Å². The van der Waals surface area contributed by atoms with Crippen LogP contribution in [0.5, 0.6) is 0 Å². The molecule has 3 N–H and O–H groups in total. The van der Waals surface area contributed by atoms with Crippen LogP contribution in [0.4, 0.5) is 0 Å². The van der Waals surface area contributed by atoms with Crippen LogP contribution in [0.15, 0.2) is 72.8 Å². The van der Waals surface area contributed by atoms with Gasteiger partial charge in [-0.1, -0.05) is 66.2 Å². The van der Waals surface area contributed by atoms with Gasteiger partial charge in [0, 0.05) is 19.9 Å². The van der Waals surface area contributed by atoms with Gasteiger partial charge in [0.25, 0.3) is 5.91 Å². The molecule has 0 aliphatic carbocycles. The maximum absolute atomic E-state index is 12.5. The molecular formula is C27H25ClN2O6. The van der Waals surface area contributed by atoms with E-state index in [1.165, 1.54) is 17.9 Å². The number of rotatable bonds is 10. The summed E-state index contributed by atoms with van der Waals surface area (Å²) in [5, 5.41) is 21.4. The molecule has 0 aliphatic heterocycles. The zero-order chi connectivity index (χ0) is 26.2. The Morgan fingerprint density at radius 2 is 1.58 bits per heavy atom. The van der Waals surface area contributed by atoms with Crippen molar-refractivity contribution in [3.63, 3.8) is 0 Å². The fourth-order valence-electron chi connectivity index (χ4n) is 3.66. The summed E-state index contributed by atoms with van der Waals surface area (Å²) < 4.78 is 0. The Labute approximate surface area is 213 Å². The molecule has 0 aromatic heterocycles. The standard InChI is InChI=1S/C27H25ClN2O6/c1-17(31)30(16-25(32)33)15-19-5-4-6-21(13-19)20-11-9-18(10-12-20)14-24(27(35)36)29-26(34)22-7-2-3-8-23(22)28/h2-13,24H,14-16H2,1H3,(H,29,34)(H,32,33)(H,35,36)/t24-/m0/s1. The molecule has 186 valence electrons. The summed E-state index contributed by atoms with van der Waals surface area (Å²) in [7, 11) is 0. The summed E-state index contributed by atoms with van der Waals surface area (Å²) in [6, 6.07) is 19.9. The quantitative estimate of drug-likeness (QED) is 0.382. The monoisotopic (exact) mass is 508 g/mol. The van der Waals surface area contributed by atoms with Crippen LogP contribution in [-0.2, 0) is 27.3 Å². The summed E-state index contributed by atoms with van der Waals surface area (Å²) in [6.45, 7) is 1.11. The number of nitrogens with zero attached hydrogens (tertiary/aromatic N) is 1. The minimum atomic E-state index is -1.16. The van der Waals surface area contributed by atoms with Crippen molar-refractivity contribution in [2.24, 2.45) is 0 Å². The zero-order valence-electron chi connectivity index (χ0n) is 19.5. The van der Waals surface area contributed by atoms with E-state index < -0.39 is 23.9 Å². The average molecular weight is 509 g/mol. The molecule has 0 heterocycles. The van der Waals surface area contributed by atoms with E-state index in [1.54, 1.807) is 30.3 Å². The van der Waals surface area contributed by atoms with Crippen LogP contribution in [0.2, 0.25) is 5.02 Å². The number of carbonyl (C=O) groups is 4. The molecule has 0 saturated carbocycles. The predicted molar refractivity (Wildman–Crippen MR) is 135 cm³/mol. The highest BCUT2D eigenvalue weighted by atomic mass is 35.5. The zero-order valence-corrected chi connectivity index (χ0v) is 20.2. The average Bonchev–Trinajstić information content (AvgIpc) is 2.83. The van der Waals surface area contributed by atoms with Gasteiger partial charge in [0.1, 0.15) is 12.6 Å². The van der Waals surface area contributed by atoms with E-state index in [4.69, 9.17) is 16.7 Å². The van der Waals surface area contributed by atoms with Gasteiger partial charge >= 0.3 is 11.9 Å². The Morgan fingerprint density at radius 3 is 2.19 bits per heavy atom. The first-order chi connectivity index (χ1) is 17.1. The van der Waals surface area contributed by atoms with Crippen LogP contribution in [0.1, 0.15) is 28.4 Å². The van der Waals surface area contributed by atoms with Crippen LogP contribution < -0.4 is 5.32 Å². The lowest BCUT2D eigenvalue weighted by molar-refractivity contribution is -0.144. The number of hydrogen-bond acceptors (Lipinski definition) is 4. The molecule has 0 radical (unpaired) electrons. The highest BCUT2D eigenvalue weighted by molar-refractivity contribution is 6.33. The molecule has 1 atom stereocenters. The van der Waals surface area contributed by atoms with Crippen molar-refractivity contribution in [3.05, 3.63) is 94.5 Å². The highest BCUT2D eigenvalue weighted by Crippen LogP contribution is 2.22. The maximum Gasteiger partial charge on any atom is 0.326 e. The molecule has 0 aliphatic rings. The van der Waals surface area contributed by atoms with Crippen molar-refractivity contribution in [1.29, 1.82) is 0 Å². The third-order valence-corrected chi connectivity index (χ3v) is 5.85. The highest BCUT2D eigenvalue weighted by Gasteiger charge is 2.22. The summed E-state index contributed by atoms with van der Waals surface area (Å²) >= 11 is 6.04. The van der Waals surface area contributed by atoms with Crippen molar-refractivity contribution in [2.75, 3.05) is 6.54 Å². The molecule has 0 unspecified atom stereocenters. The van der Waals surface area contributed by atoms with Gasteiger partial charge in [0.2, 0.25) is 5.91 Å². The minimum absolute atomic E-state index is 0.0780. The molecule has 3 rings (SSSR count). The van der Waals surface area contributed by atoms with Gasteiger partial charge in [-0.15, -0.1) is 0 Å². The molecule has 0 fully saturated rings. The second kappa shape index (κ2) is 12.0. The van der Waals surface area contributed by atoms with Crippen molar-refractivity contribution in [2.45, 2.75) is 25.9 Å². The largest absolute Gasteiger partial charge is 0.480 e. The predicted octanol–water partition coefficient (Wildman–Crippen LogP) is 3.87. The fraction of sp³-hybridized carbons (Fsp3) is 0.185. The molecule has 3 aromatic rings. The molecule has 36 heavy (non-hydrogen) atoms. The van der Waals surface area contributed by atoms with Gasteiger partial charge in [-0.25, -0.2) is 4.79 Å². The molecule has 8 nitrogen and oxygen atoms in total. The third-order valence-electron chi connectivity index (χ3n) is 5.52. The Balaban J connectivity index is 1.71. The first kappa shape index (κ1) is 26.4. The molecular weight excluding hydrogens is 484 g/mol. The van der Waals surface area contributed by atoms with Crippen molar-refractivity contribution >= 4 is 35.4 Å². The summed E-state index contributed by atoms with van der Waals surface area (Å²) in [4.78, 5) is 48.3. The van der Waals surface area contributed by atoms with E-state index in [0.717, 1.165) is 16.7 Å². The number of amides is 2. The fourth-order valence-corrected chi connectivity index (χ4v) is 3.88. The van der Waals surface area contributed by atoms with Crippen molar-refractivity contribution < 1.29 is 29.4 Å². The number of carboxylic acids is 2. The summed E-state index contributed by atoms with van der Waals surface area (Å²) in [5.41, 5.74) is 3.42. The maximum atomic E-state index is 12.5. The van der Waals surface area contributed by atoms with Crippen molar-refractivity contribution in [1.82, 2.24) is 10.2 Å². The lowest BCUT2D eigenvalue weighted by Crippen LogP contribution is -2.42. The minimum Gasteiger partial charge on any atom is -0.480 e. The Kier molecular flexibility index (Phi) is 8.81. The molecule has 0 saturated heterocycles. The number of carbonyl (C=O) groups excluding carboxylic acids is 2. The first-order valence-corrected chi connectivity index (χ1v) is 11.5.